The average molecular weight is 329 g/mol. The van der Waals surface area contributed by atoms with Crippen LogP contribution in [0.2, 0.25) is 0 Å². The molecule has 0 aromatic carbocycles. The average Bonchev–Trinajstić information content (AvgIpc) is 0.918. The van der Waals surface area contributed by atoms with Crippen molar-refractivity contribution >= 4 is 68.5 Å². The Labute approximate surface area is 75.8 Å². The molecule has 0 atom stereocenters. The van der Waals surface area contributed by atoms with Crippen molar-refractivity contribution < 1.29 is 7.91 Å². The normalized spacial score (nSPS) is 2.00. The Morgan fingerprint density at radius 3 is 1.33 bits per heavy atom. The molecule has 0 amide bonds. The summed E-state index contributed by atoms with van der Waals surface area (Å²) in [4.78, 5) is 0. The molecular formula is H7Ge4O2-. The fourth-order valence-corrected chi connectivity index (χ4v) is 0. The zero-order valence-electron chi connectivity index (χ0n) is 3.73. The molecule has 0 unspecified atom stereocenters. The predicted molar refractivity (Wildman–Crippen MR) is 33.5 cm³/mol. The van der Waals surface area contributed by atoms with E-state index in [1.54, 1.807) is 0 Å². The van der Waals surface area contributed by atoms with Crippen LogP contribution in [0, 0.1) is 0 Å². The van der Waals surface area contributed by atoms with Crippen LogP contribution in [0.3, 0.4) is 0 Å². The van der Waals surface area contributed by atoms with Gasteiger partial charge in [-0.1, -0.05) is 0 Å². The Morgan fingerprint density at radius 1 is 1.33 bits per heavy atom. The number of rotatable bonds is 0. The summed E-state index contributed by atoms with van der Waals surface area (Å²) in [6.45, 7) is 0. The molecule has 0 fully saturated rings. The molecule has 0 bridgehead atoms. The van der Waals surface area contributed by atoms with Gasteiger partial charge in [-0.05, 0) is 0 Å². The van der Waals surface area contributed by atoms with Crippen LogP contribution in [0.4, 0.5) is 0 Å². The molecule has 0 rings (SSSR count). The molecule has 0 aromatic heterocycles. The summed E-state index contributed by atoms with van der Waals surface area (Å²) >= 11 is -2.00. The standard InChI is InChI=1S/GeO2.GeH3.2GeH2/c2-1-3;;;/h;1H3;2*1H2/q-1;;;. The summed E-state index contributed by atoms with van der Waals surface area (Å²) in [6.07, 6.45) is 0. The molecule has 0 heterocycles. The summed E-state index contributed by atoms with van der Waals surface area (Å²) in [6, 6.07) is 0. The van der Waals surface area contributed by atoms with Crippen molar-refractivity contribution in [3.05, 3.63) is 0 Å². The van der Waals surface area contributed by atoms with Crippen molar-refractivity contribution in [2.45, 2.75) is 0 Å². The molecular weight excluding hydrogens is 322 g/mol. The van der Waals surface area contributed by atoms with E-state index in [9.17, 15) is 0 Å². The van der Waals surface area contributed by atoms with Gasteiger partial charge in [0.2, 0.25) is 0 Å². The van der Waals surface area contributed by atoms with E-state index in [1.807, 2.05) is 0 Å². The van der Waals surface area contributed by atoms with Crippen molar-refractivity contribution in [1.29, 1.82) is 0 Å². The molecule has 0 aromatic rings. The van der Waals surface area contributed by atoms with Crippen molar-refractivity contribution in [3.63, 3.8) is 0 Å². The van der Waals surface area contributed by atoms with Crippen molar-refractivity contribution in [1.82, 2.24) is 0 Å². The first-order valence-corrected chi connectivity index (χ1v) is 2.12. The summed E-state index contributed by atoms with van der Waals surface area (Å²) in [5.74, 6) is 0. The van der Waals surface area contributed by atoms with E-state index in [0.717, 1.165) is 0 Å². The fraction of sp³-hybridized carbons (Fsp3) is 0. The van der Waals surface area contributed by atoms with E-state index < -0.39 is 15.7 Å². The van der Waals surface area contributed by atoms with Crippen LogP contribution in [-0.2, 0) is 3.78 Å². The van der Waals surface area contributed by atoms with Crippen LogP contribution in [0.1, 0.15) is 0 Å². The maximum atomic E-state index is 8.50. The minimum atomic E-state index is -2.00. The Hall–Kier alpha value is 1.77. The van der Waals surface area contributed by atoms with E-state index in [2.05, 4.69) is 0 Å². The van der Waals surface area contributed by atoms with E-state index >= 15 is 0 Å². The van der Waals surface area contributed by atoms with Gasteiger partial charge in [0.05, 0.1) is 0 Å². The molecule has 6 heteroatoms. The van der Waals surface area contributed by atoms with Gasteiger partial charge < -0.3 is 0 Å². The van der Waals surface area contributed by atoms with E-state index in [4.69, 9.17) is 7.91 Å². The third-order valence-corrected chi connectivity index (χ3v) is 0. The second-order valence-electron chi connectivity index (χ2n) is 0.0833. The molecule has 0 aliphatic rings. The van der Waals surface area contributed by atoms with Gasteiger partial charge >= 0.3 is 76.4 Å². The second-order valence-corrected chi connectivity index (χ2v) is 0.433. The molecule has 0 aliphatic heterocycles. The zero-order chi connectivity index (χ0) is 2.71. The minimum absolute atomic E-state index is 0. The van der Waals surface area contributed by atoms with Gasteiger partial charge in [0, 0.05) is 0 Å². The third-order valence-electron chi connectivity index (χ3n) is 0. The maximum absolute atomic E-state index is 8.50. The third kappa shape index (κ3) is 41.9. The second kappa shape index (κ2) is 29.4. The van der Waals surface area contributed by atoms with E-state index in [0.29, 0.717) is 0 Å². The first kappa shape index (κ1) is 25.1. The van der Waals surface area contributed by atoms with Crippen LogP contribution in [0.5, 0.6) is 0 Å². The van der Waals surface area contributed by atoms with E-state index in [1.165, 1.54) is 0 Å². The quantitative estimate of drug-likeness (QED) is 0.419. The monoisotopic (exact) mass is 335 g/mol. The molecule has 36 valence electrons. The van der Waals surface area contributed by atoms with Crippen LogP contribution >= 0.6 is 0 Å². The summed E-state index contributed by atoms with van der Waals surface area (Å²) < 4.78 is 17.0. The predicted octanol–water partition coefficient (Wildman–Crippen LogP) is -4.70. The van der Waals surface area contributed by atoms with Gasteiger partial charge in [0.1, 0.15) is 0 Å². The van der Waals surface area contributed by atoms with Crippen LogP contribution in [0.25, 0.3) is 0 Å². The van der Waals surface area contributed by atoms with Crippen LogP contribution in [-0.4, -0.2) is 68.5 Å². The summed E-state index contributed by atoms with van der Waals surface area (Å²) in [7, 11) is 0. The summed E-state index contributed by atoms with van der Waals surface area (Å²) in [5.41, 5.74) is 0. The Balaban J connectivity index is -0.00000000667. The molecule has 0 saturated carbocycles. The summed E-state index contributed by atoms with van der Waals surface area (Å²) in [5, 5.41) is 0. The van der Waals surface area contributed by atoms with Gasteiger partial charge in [-0.2, -0.15) is 0 Å². The van der Waals surface area contributed by atoms with E-state index in [-0.39, 0.29) is 52.8 Å². The molecule has 0 spiro atoms. The van der Waals surface area contributed by atoms with Gasteiger partial charge in [-0.15, -0.1) is 0 Å². The Morgan fingerprint density at radius 2 is 1.33 bits per heavy atom. The number of hydrogen-bond donors (Lipinski definition) is 0. The molecule has 0 saturated heterocycles. The van der Waals surface area contributed by atoms with Crippen molar-refractivity contribution in [2.75, 3.05) is 0 Å². The van der Waals surface area contributed by atoms with Gasteiger partial charge in [-0.25, -0.2) is 0 Å². The first-order valence-electron chi connectivity index (χ1n) is 0.408. The molecule has 2 nitrogen and oxygen atoms in total. The topological polar surface area (TPSA) is 40.1 Å². The fourth-order valence-electron chi connectivity index (χ4n) is 0. The Bertz CT molecular complexity index is 13.0. The van der Waals surface area contributed by atoms with Crippen LogP contribution < -0.4 is 4.13 Å². The SMILES string of the molecule is [GeH2].[GeH2].[GeH3].[O]=[Ge][O-]. The van der Waals surface area contributed by atoms with Gasteiger partial charge in [0.15, 0.2) is 0 Å². The van der Waals surface area contributed by atoms with Crippen LogP contribution in [0.15, 0.2) is 0 Å². The molecule has 6 heavy (non-hydrogen) atoms. The molecule has 6 radical (unpaired) electrons. The van der Waals surface area contributed by atoms with Crippen molar-refractivity contribution in [2.24, 2.45) is 0 Å². The zero-order valence-corrected chi connectivity index (χ0v) is 16.0. The number of hydrogen-bond acceptors (Lipinski definition) is 2. The first-order chi connectivity index (χ1) is 1.41. The van der Waals surface area contributed by atoms with Gasteiger partial charge in [-0.3, -0.25) is 0 Å². The van der Waals surface area contributed by atoms with Crippen molar-refractivity contribution in [3.8, 4) is 0 Å². The van der Waals surface area contributed by atoms with Gasteiger partial charge in [0.25, 0.3) is 0 Å². The molecule has 0 aliphatic carbocycles. The Kier molecular flexibility index (Phi) is 123. The molecule has 0 N–H and O–H groups in total.